The Morgan fingerprint density at radius 2 is 1.33 bits per heavy atom. The molecule has 3 aromatic rings. The van der Waals surface area contributed by atoms with E-state index in [-0.39, 0.29) is 17.9 Å². The van der Waals surface area contributed by atoms with Gasteiger partial charge in [0.2, 0.25) is 15.9 Å². The van der Waals surface area contributed by atoms with Gasteiger partial charge in [0, 0.05) is 6.54 Å². The van der Waals surface area contributed by atoms with Gasteiger partial charge in [-0.05, 0) is 29.8 Å². The van der Waals surface area contributed by atoms with Crippen molar-refractivity contribution < 1.29 is 18.0 Å². The number of imide groups is 1. The molecule has 0 N–H and O–H groups in total. The number of para-hydroxylation sites is 1. The molecule has 1 atom stereocenters. The van der Waals surface area contributed by atoms with Crippen LogP contribution in [0.25, 0.3) is 0 Å². The lowest BCUT2D eigenvalue weighted by Gasteiger charge is -2.27. The first kappa shape index (κ1) is 20.0. The standard InChI is InChI=1S/C23H20N2O4S/c26-22-16-21(23(27)25(22)19-12-6-2-7-13-19)24(17-18-10-4-1-5-11-18)30(28,29)20-14-8-3-9-15-20/h1-15,21H,16-17H2. The fraction of sp³-hybridized carbons (Fsp3) is 0.130. The molecule has 1 aliphatic heterocycles. The summed E-state index contributed by atoms with van der Waals surface area (Å²) >= 11 is 0. The first-order valence-electron chi connectivity index (χ1n) is 9.51. The minimum atomic E-state index is -4.01. The Morgan fingerprint density at radius 1 is 0.800 bits per heavy atom. The lowest BCUT2D eigenvalue weighted by molar-refractivity contribution is -0.122. The van der Waals surface area contributed by atoms with Gasteiger partial charge in [-0.25, -0.2) is 13.3 Å². The zero-order valence-corrected chi connectivity index (χ0v) is 16.9. The highest BCUT2D eigenvalue weighted by Gasteiger charge is 2.46. The second-order valence-corrected chi connectivity index (χ2v) is 8.86. The van der Waals surface area contributed by atoms with Gasteiger partial charge in [0.1, 0.15) is 6.04 Å². The van der Waals surface area contributed by atoms with Crippen LogP contribution in [-0.4, -0.2) is 30.6 Å². The van der Waals surface area contributed by atoms with Crippen LogP contribution in [0.4, 0.5) is 5.69 Å². The molecule has 1 fully saturated rings. The second-order valence-electron chi connectivity index (χ2n) is 6.97. The molecule has 2 amide bonds. The summed E-state index contributed by atoms with van der Waals surface area (Å²) in [5, 5.41) is 0. The van der Waals surface area contributed by atoms with Crippen LogP contribution in [0.1, 0.15) is 12.0 Å². The first-order valence-corrected chi connectivity index (χ1v) is 10.9. The molecule has 0 bridgehead atoms. The van der Waals surface area contributed by atoms with Gasteiger partial charge in [-0.3, -0.25) is 9.59 Å². The van der Waals surface area contributed by atoms with E-state index in [0.29, 0.717) is 5.69 Å². The largest absolute Gasteiger partial charge is 0.274 e. The Hall–Kier alpha value is -3.29. The summed E-state index contributed by atoms with van der Waals surface area (Å²) < 4.78 is 28.1. The highest BCUT2D eigenvalue weighted by atomic mass is 32.2. The van der Waals surface area contributed by atoms with Crippen molar-refractivity contribution in [2.45, 2.75) is 23.9 Å². The molecule has 1 saturated heterocycles. The molecule has 7 heteroatoms. The minimum Gasteiger partial charge on any atom is -0.274 e. The van der Waals surface area contributed by atoms with Crippen molar-refractivity contribution in [2.75, 3.05) is 4.90 Å². The third-order valence-electron chi connectivity index (χ3n) is 5.02. The van der Waals surface area contributed by atoms with E-state index in [4.69, 9.17) is 0 Å². The molecule has 4 rings (SSSR count). The third kappa shape index (κ3) is 3.77. The Balaban J connectivity index is 1.75. The van der Waals surface area contributed by atoms with Crippen LogP contribution in [-0.2, 0) is 26.2 Å². The monoisotopic (exact) mass is 420 g/mol. The number of carbonyl (C=O) groups excluding carboxylic acids is 2. The van der Waals surface area contributed by atoms with Crippen molar-refractivity contribution >= 4 is 27.5 Å². The predicted molar refractivity (Wildman–Crippen MR) is 113 cm³/mol. The van der Waals surface area contributed by atoms with Gasteiger partial charge in [0.25, 0.3) is 5.91 Å². The number of benzene rings is 3. The van der Waals surface area contributed by atoms with Crippen LogP contribution >= 0.6 is 0 Å². The van der Waals surface area contributed by atoms with Gasteiger partial charge in [-0.2, -0.15) is 4.31 Å². The molecule has 1 heterocycles. The van der Waals surface area contributed by atoms with Gasteiger partial charge in [0.05, 0.1) is 17.0 Å². The zero-order valence-electron chi connectivity index (χ0n) is 16.1. The van der Waals surface area contributed by atoms with E-state index < -0.39 is 27.9 Å². The van der Waals surface area contributed by atoms with E-state index in [1.807, 2.05) is 6.07 Å². The zero-order chi connectivity index (χ0) is 21.1. The van der Waals surface area contributed by atoms with Crippen molar-refractivity contribution in [1.29, 1.82) is 0 Å². The van der Waals surface area contributed by atoms with Crippen molar-refractivity contribution in [3.63, 3.8) is 0 Å². The van der Waals surface area contributed by atoms with Crippen molar-refractivity contribution in [1.82, 2.24) is 4.31 Å². The van der Waals surface area contributed by atoms with E-state index >= 15 is 0 Å². The highest BCUT2D eigenvalue weighted by molar-refractivity contribution is 7.89. The molecule has 0 aliphatic carbocycles. The van der Waals surface area contributed by atoms with Crippen molar-refractivity contribution in [3.05, 3.63) is 96.6 Å². The molecular weight excluding hydrogens is 400 g/mol. The van der Waals surface area contributed by atoms with Crippen LogP contribution in [0, 0.1) is 0 Å². The summed E-state index contributed by atoms with van der Waals surface area (Å²) in [7, 11) is -4.01. The fourth-order valence-corrected chi connectivity index (χ4v) is 5.13. The van der Waals surface area contributed by atoms with E-state index in [1.54, 1.807) is 72.8 Å². The number of hydrogen-bond acceptors (Lipinski definition) is 4. The number of nitrogens with zero attached hydrogens (tertiary/aromatic N) is 2. The van der Waals surface area contributed by atoms with Crippen molar-refractivity contribution in [3.8, 4) is 0 Å². The van der Waals surface area contributed by atoms with Crippen LogP contribution in [0.15, 0.2) is 95.9 Å². The van der Waals surface area contributed by atoms with Gasteiger partial charge in [-0.1, -0.05) is 66.7 Å². The normalized spacial score (nSPS) is 17.0. The quantitative estimate of drug-likeness (QED) is 0.574. The summed E-state index contributed by atoms with van der Waals surface area (Å²) in [5.41, 5.74) is 1.17. The van der Waals surface area contributed by atoms with Crippen LogP contribution in [0.5, 0.6) is 0 Å². The number of amides is 2. The number of anilines is 1. The van der Waals surface area contributed by atoms with Crippen LogP contribution in [0.2, 0.25) is 0 Å². The average molecular weight is 420 g/mol. The van der Waals surface area contributed by atoms with E-state index in [2.05, 4.69) is 0 Å². The molecular formula is C23H20N2O4S. The minimum absolute atomic E-state index is 0.00954. The van der Waals surface area contributed by atoms with Gasteiger partial charge < -0.3 is 0 Å². The summed E-state index contributed by atoms with van der Waals surface area (Å²) in [6.45, 7) is -0.00954. The maximum atomic E-state index is 13.5. The van der Waals surface area contributed by atoms with E-state index in [9.17, 15) is 18.0 Å². The van der Waals surface area contributed by atoms with Gasteiger partial charge >= 0.3 is 0 Å². The molecule has 0 spiro atoms. The number of hydrogen-bond donors (Lipinski definition) is 0. The Kier molecular flexibility index (Phi) is 5.48. The lowest BCUT2D eigenvalue weighted by Crippen LogP contribution is -2.45. The SMILES string of the molecule is O=C1CC(N(Cc2ccccc2)S(=O)(=O)c2ccccc2)C(=O)N1c1ccccc1. The van der Waals surface area contributed by atoms with Crippen molar-refractivity contribution in [2.24, 2.45) is 0 Å². The highest BCUT2D eigenvalue weighted by Crippen LogP contribution is 2.30. The summed E-state index contributed by atoms with van der Waals surface area (Å²) in [5.74, 6) is -0.959. The topological polar surface area (TPSA) is 74.8 Å². The third-order valence-corrected chi connectivity index (χ3v) is 6.88. The molecule has 0 saturated carbocycles. The number of sulfonamides is 1. The molecule has 0 aromatic heterocycles. The molecule has 152 valence electrons. The Morgan fingerprint density at radius 3 is 1.93 bits per heavy atom. The van der Waals surface area contributed by atoms with E-state index in [1.165, 1.54) is 12.1 Å². The first-order chi connectivity index (χ1) is 14.5. The molecule has 1 aliphatic rings. The molecule has 0 radical (unpaired) electrons. The van der Waals surface area contributed by atoms with Crippen LogP contribution < -0.4 is 4.90 Å². The molecule has 6 nitrogen and oxygen atoms in total. The Bertz CT molecular complexity index is 1150. The lowest BCUT2D eigenvalue weighted by atomic mass is 10.2. The molecule has 3 aromatic carbocycles. The maximum absolute atomic E-state index is 13.5. The predicted octanol–water partition coefficient (Wildman–Crippen LogP) is 3.21. The van der Waals surface area contributed by atoms with Gasteiger partial charge in [0.15, 0.2) is 0 Å². The maximum Gasteiger partial charge on any atom is 0.252 e. The number of rotatable bonds is 6. The summed E-state index contributed by atoms with van der Waals surface area (Å²) in [4.78, 5) is 27.1. The Labute approximate surface area is 175 Å². The molecule has 1 unspecified atom stereocenters. The fourth-order valence-electron chi connectivity index (χ4n) is 3.54. The summed E-state index contributed by atoms with van der Waals surface area (Å²) in [6, 6.07) is 24.5. The van der Waals surface area contributed by atoms with E-state index in [0.717, 1.165) is 14.8 Å². The summed E-state index contributed by atoms with van der Waals surface area (Å²) in [6.07, 6.45) is -0.202. The smallest absolute Gasteiger partial charge is 0.252 e. The molecule has 30 heavy (non-hydrogen) atoms. The average Bonchev–Trinajstić information content (AvgIpc) is 3.07. The van der Waals surface area contributed by atoms with Gasteiger partial charge in [-0.15, -0.1) is 0 Å². The second kappa shape index (κ2) is 8.22. The number of carbonyl (C=O) groups is 2. The van der Waals surface area contributed by atoms with Crippen LogP contribution in [0.3, 0.4) is 0 Å².